The van der Waals surface area contributed by atoms with Crippen molar-refractivity contribution in [3.63, 3.8) is 0 Å². The molecule has 1 rings (SSSR count). The second-order valence-corrected chi connectivity index (χ2v) is 5.83. The smallest absolute Gasteiger partial charge is 0.0320 e. The molecule has 0 aromatic carbocycles. The molecule has 0 aromatic rings. The van der Waals surface area contributed by atoms with Crippen LogP contribution in [0.3, 0.4) is 0 Å². The average Bonchev–Trinajstić information content (AvgIpc) is 2.35. The molecule has 0 N–H and O–H groups in total. The van der Waals surface area contributed by atoms with Crippen molar-refractivity contribution in [2.24, 2.45) is 0 Å². The highest BCUT2D eigenvalue weighted by Crippen LogP contribution is 2.16. The molecule has 1 aliphatic rings. The van der Waals surface area contributed by atoms with Gasteiger partial charge in [-0.2, -0.15) is 0 Å². The third kappa shape index (κ3) is 7.53. The second kappa shape index (κ2) is 9.19. The topological polar surface area (TPSA) is 0 Å². The van der Waals surface area contributed by atoms with E-state index in [9.17, 15) is 0 Å². The van der Waals surface area contributed by atoms with Gasteiger partial charge in [0.25, 0.3) is 0 Å². The van der Waals surface area contributed by atoms with Crippen LogP contribution in [0.4, 0.5) is 0 Å². The van der Waals surface area contributed by atoms with Crippen molar-refractivity contribution in [2.45, 2.75) is 78.6 Å². The SMILES string of the molecule is CC1=CCCCC(C)=CCCCC(C)=CCCC1. The fourth-order valence-corrected chi connectivity index (χ4v) is 2.49. The summed E-state index contributed by atoms with van der Waals surface area (Å²) in [7, 11) is 0. The predicted molar refractivity (Wildman–Crippen MR) is 82.8 cm³/mol. The first-order valence-electron chi connectivity index (χ1n) is 7.65. The molecule has 0 aromatic heterocycles. The van der Waals surface area contributed by atoms with Crippen molar-refractivity contribution in [3.05, 3.63) is 34.9 Å². The van der Waals surface area contributed by atoms with Crippen LogP contribution in [0, 0.1) is 0 Å². The molecule has 0 radical (unpaired) electrons. The Kier molecular flexibility index (Phi) is 7.80. The van der Waals surface area contributed by atoms with Gasteiger partial charge < -0.3 is 0 Å². The first-order valence-corrected chi connectivity index (χ1v) is 7.65. The summed E-state index contributed by atoms with van der Waals surface area (Å²) in [4.78, 5) is 0. The minimum absolute atomic E-state index is 1.26. The molecular weight excluding hydrogens is 216 g/mol. The molecule has 0 amide bonds. The van der Waals surface area contributed by atoms with Gasteiger partial charge in [0.2, 0.25) is 0 Å². The van der Waals surface area contributed by atoms with E-state index in [4.69, 9.17) is 0 Å². The molecule has 18 heavy (non-hydrogen) atoms. The van der Waals surface area contributed by atoms with Crippen molar-refractivity contribution < 1.29 is 0 Å². The van der Waals surface area contributed by atoms with Crippen LogP contribution in [0.15, 0.2) is 34.9 Å². The molecule has 0 fully saturated rings. The Morgan fingerprint density at radius 1 is 0.556 bits per heavy atom. The Bertz CT molecular complexity index is 263. The summed E-state index contributed by atoms with van der Waals surface area (Å²) in [6.45, 7) is 6.87. The summed E-state index contributed by atoms with van der Waals surface area (Å²) in [6, 6.07) is 0. The summed E-state index contributed by atoms with van der Waals surface area (Å²) in [6.07, 6.45) is 18.9. The van der Waals surface area contributed by atoms with E-state index in [1.54, 1.807) is 16.7 Å². The highest BCUT2D eigenvalue weighted by atomic mass is 14.0. The van der Waals surface area contributed by atoms with E-state index in [0.29, 0.717) is 0 Å². The van der Waals surface area contributed by atoms with Crippen molar-refractivity contribution in [2.75, 3.05) is 0 Å². The van der Waals surface area contributed by atoms with E-state index in [0.717, 1.165) is 0 Å². The zero-order chi connectivity index (χ0) is 13.2. The Morgan fingerprint density at radius 2 is 0.833 bits per heavy atom. The van der Waals surface area contributed by atoms with E-state index in [1.165, 1.54) is 57.8 Å². The van der Waals surface area contributed by atoms with Crippen LogP contribution in [0.2, 0.25) is 0 Å². The predicted octanol–water partition coefficient (Wildman–Crippen LogP) is 6.35. The zero-order valence-electron chi connectivity index (χ0n) is 12.6. The molecule has 0 saturated heterocycles. The van der Waals surface area contributed by atoms with Gasteiger partial charge in [-0.15, -0.1) is 0 Å². The highest BCUT2D eigenvalue weighted by Gasteiger charge is 1.96. The molecule has 0 unspecified atom stereocenters. The molecule has 0 nitrogen and oxygen atoms in total. The quantitative estimate of drug-likeness (QED) is 0.437. The number of hydrogen-bond acceptors (Lipinski definition) is 0. The summed E-state index contributed by atoms with van der Waals surface area (Å²) >= 11 is 0. The maximum Gasteiger partial charge on any atom is -0.0320 e. The first-order chi connectivity index (χ1) is 8.68. The maximum absolute atomic E-state index is 2.45. The lowest BCUT2D eigenvalue weighted by molar-refractivity contribution is 0.796. The lowest BCUT2D eigenvalue weighted by Crippen LogP contribution is -1.81. The minimum atomic E-state index is 1.26. The molecule has 0 saturated carbocycles. The maximum atomic E-state index is 2.45. The molecule has 0 atom stereocenters. The lowest BCUT2D eigenvalue weighted by atomic mass is 10.1. The molecule has 0 spiro atoms. The Hall–Kier alpha value is -0.780. The van der Waals surface area contributed by atoms with E-state index in [2.05, 4.69) is 39.0 Å². The molecule has 0 heteroatoms. The summed E-state index contributed by atoms with van der Waals surface area (Å²) in [5, 5.41) is 0. The Balaban J connectivity index is 2.52. The van der Waals surface area contributed by atoms with Gasteiger partial charge in [-0.25, -0.2) is 0 Å². The highest BCUT2D eigenvalue weighted by molar-refractivity contribution is 5.04. The molecule has 1 aliphatic carbocycles. The molecule has 0 heterocycles. The van der Waals surface area contributed by atoms with Crippen molar-refractivity contribution in [3.8, 4) is 0 Å². The van der Waals surface area contributed by atoms with E-state index < -0.39 is 0 Å². The molecule has 0 aliphatic heterocycles. The van der Waals surface area contributed by atoms with Crippen LogP contribution in [0.1, 0.15) is 78.6 Å². The van der Waals surface area contributed by atoms with E-state index in [-0.39, 0.29) is 0 Å². The standard InChI is InChI=1S/C18H30/c1-16-10-4-6-12-17(2)14-8-9-15-18(3)13-7-5-11-16/h10,13-14H,4-9,11-12,15H2,1-3H3. The third-order valence-corrected chi connectivity index (χ3v) is 3.80. The normalized spacial score (nSPS) is 21.2. The van der Waals surface area contributed by atoms with Crippen molar-refractivity contribution >= 4 is 0 Å². The van der Waals surface area contributed by atoms with Crippen LogP contribution in [-0.2, 0) is 0 Å². The van der Waals surface area contributed by atoms with Crippen molar-refractivity contribution in [1.82, 2.24) is 0 Å². The molecule has 102 valence electrons. The van der Waals surface area contributed by atoms with Crippen LogP contribution in [-0.4, -0.2) is 0 Å². The molecular formula is C18H30. The second-order valence-electron chi connectivity index (χ2n) is 5.83. The monoisotopic (exact) mass is 246 g/mol. The van der Waals surface area contributed by atoms with Gasteiger partial charge in [-0.3, -0.25) is 0 Å². The van der Waals surface area contributed by atoms with Gasteiger partial charge in [-0.05, 0) is 78.6 Å². The van der Waals surface area contributed by atoms with Crippen LogP contribution in [0.25, 0.3) is 0 Å². The van der Waals surface area contributed by atoms with Gasteiger partial charge in [0.15, 0.2) is 0 Å². The van der Waals surface area contributed by atoms with E-state index >= 15 is 0 Å². The van der Waals surface area contributed by atoms with Crippen LogP contribution < -0.4 is 0 Å². The van der Waals surface area contributed by atoms with Gasteiger partial charge in [0, 0.05) is 0 Å². The Morgan fingerprint density at radius 3 is 1.11 bits per heavy atom. The summed E-state index contributed by atoms with van der Waals surface area (Å²) in [5.74, 6) is 0. The largest absolute Gasteiger partial charge is 0.0856 e. The summed E-state index contributed by atoms with van der Waals surface area (Å²) < 4.78 is 0. The zero-order valence-corrected chi connectivity index (χ0v) is 12.6. The van der Waals surface area contributed by atoms with Crippen LogP contribution >= 0.6 is 0 Å². The van der Waals surface area contributed by atoms with Gasteiger partial charge in [0.05, 0.1) is 0 Å². The van der Waals surface area contributed by atoms with Gasteiger partial charge >= 0.3 is 0 Å². The minimum Gasteiger partial charge on any atom is -0.0856 e. The Labute approximate surface area is 114 Å². The number of rotatable bonds is 0. The van der Waals surface area contributed by atoms with Crippen LogP contribution in [0.5, 0.6) is 0 Å². The molecule has 0 bridgehead atoms. The lowest BCUT2D eigenvalue weighted by Gasteiger charge is -2.01. The summed E-state index contributed by atoms with van der Waals surface area (Å²) in [5.41, 5.74) is 4.74. The van der Waals surface area contributed by atoms with Crippen molar-refractivity contribution in [1.29, 1.82) is 0 Å². The fourth-order valence-electron chi connectivity index (χ4n) is 2.49. The number of allylic oxidation sites excluding steroid dienone is 6. The van der Waals surface area contributed by atoms with Gasteiger partial charge in [-0.1, -0.05) is 34.9 Å². The third-order valence-electron chi connectivity index (χ3n) is 3.80. The van der Waals surface area contributed by atoms with Gasteiger partial charge in [0.1, 0.15) is 0 Å². The first kappa shape index (κ1) is 15.3. The number of hydrogen-bond donors (Lipinski definition) is 0. The fraction of sp³-hybridized carbons (Fsp3) is 0.667. The average molecular weight is 246 g/mol. The van der Waals surface area contributed by atoms with E-state index in [1.807, 2.05) is 0 Å².